The minimum atomic E-state index is -5.28. The fraction of sp³-hybridized carbons (Fsp3) is 0.500. The number of alkyl halides is 3. The fourth-order valence-corrected chi connectivity index (χ4v) is 5.03. The molecule has 1 aliphatic carbocycles. The van der Waals surface area contributed by atoms with Crippen LogP contribution in [-0.4, -0.2) is 70.2 Å². The number of hydrogen-bond acceptors (Lipinski definition) is 8. The molecule has 1 aromatic carbocycles. The van der Waals surface area contributed by atoms with Gasteiger partial charge in [-0.25, -0.2) is 13.9 Å². The van der Waals surface area contributed by atoms with E-state index >= 15 is 0 Å². The van der Waals surface area contributed by atoms with Gasteiger partial charge in [-0.05, 0) is 44.0 Å². The molecule has 1 aliphatic heterocycles. The van der Waals surface area contributed by atoms with E-state index in [1.807, 2.05) is 0 Å². The van der Waals surface area contributed by atoms with Crippen LogP contribution < -0.4 is 24.2 Å². The number of aliphatic hydroxyl groups is 2. The molecular weight excluding hydrogens is 567 g/mol. The standard InChI is InChI=1S/C24H27ClF3N3O7S/c1-22(31-39(2)35)12-37-19-15(22)10-18(30-20(19)25)23(34,24(26,27)28)11-29-21(33)13-3-6-16(38-14-4-5-14)17(9-13)36-8-7-32/h3,6,9-10,14,31-32,34H,4-5,7-8,11-12H2,1-2H3,(H,29,33)/t22-,23?,39?/m1/s1. The zero-order valence-electron chi connectivity index (χ0n) is 20.9. The Balaban J connectivity index is 1.61. The molecule has 0 spiro atoms. The minimum Gasteiger partial charge on any atom is -0.488 e. The molecule has 39 heavy (non-hydrogen) atoms. The van der Waals surface area contributed by atoms with Crippen LogP contribution in [0.15, 0.2) is 24.3 Å². The molecule has 1 aromatic heterocycles. The first-order chi connectivity index (χ1) is 18.3. The molecule has 4 N–H and O–H groups in total. The highest BCUT2D eigenvalue weighted by atomic mass is 35.5. The second-order valence-electron chi connectivity index (χ2n) is 9.44. The van der Waals surface area contributed by atoms with Crippen LogP contribution in [0.5, 0.6) is 17.2 Å². The number of rotatable bonds is 11. The molecule has 2 aliphatic rings. The van der Waals surface area contributed by atoms with Crippen LogP contribution in [0.2, 0.25) is 5.15 Å². The molecular formula is C24H27ClF3N3O7S. The van der Waals surface area contributed by atoms with E-state index in [1.54, 1.807) is 6.92 Å². The monoisotopic (exact) mass is 593 g/mol. The third kappa shape index (κ3) is 6.24. The van der Waals surface area contributed by atoms with E-state index in [1.165, 1.54) is 24.5 Å². The van der Waals surface area contributed by atoms with E-state index in [9.17, 15) is 27.3 Å². The van der Waals surface area contributed by atoms with Crippen molar-refractivity contribution in [3.8, 4) is 17.2 Å². The summed E-state index contributed by atoms with van der Waals surface area (Å²) in [5.41, 5.74) is -5.63. The normalized spacial score (nSPS) is 20.9. The molecule has 10 nitrogen and oxygen atoms in total. The van der Waals surface area contributed by atoms with Gasteiger partial charge in [0.1, 0.15) is 13.2 Å². The van der Waals surface area contributed by atoms with Crippen molar-refractivity contribution in [2.75, 3.05) is 32.6 Å². The van der Waals surface area contributed by atoms with Crippen LogP contribution in [0.25, 0.3) is 0 Å². The molecule has 1 saturated carbocycles. The summed E-state index contributed by atoms with van der Waals surface area (Å²) in [6.45, 7) is -0.220. The van der Waals surface area contributed by atoms with Gasteiger partial charge in [0.15, 0.2) is 22.4 Å². The van der Waals surface area contributed by atoms with E-state index in [0.29, 0.717) is 5.75 Å². The molecule has 4 rings (SSSR count). The molecule has 2 unspecified atom stereocenters. The fourth-order valence-electron chi connectivity index (χ4n) is 3.98. The quantitative estimate of drug-likeness (QED) is 0.291. The maximum atomic E-state index is 14.3. The summed E-state index contributed by atoms with van der Waals surface area (Å²) < 4.78 is 74.0. The molecule has 0 saturated heterocycles. The van der Waals surface area contributed by atoms with Gasteiger partial charge in [0, 0.05) is 17.4 Å². The highest BCUT2D eigenvalue weighted by molar-refractivity contribution is 7.82. The van der Waals surface area contributed by atoms with Crippen molar-refractivity contribution in [3.05, 3.63) is 46.2 Å². The highest BCUT2D eigenvalue weighted by Gasteiger charge is 2.57. The number of halogens is 4. The summed E-state index contributed by atoms with van der Waals surface area (Å²) in [4.78, 5) is 16.6. The number of nitrogens with zero attached hydrogens (tertiary/aromatic N) is 1. The Morgan fingerprint density at radius 2 is 2.03 bits per heavy atom. The molecule has 2 aromatic rings. The Morgan fingerprint density at radius 3 is 2.64 bits per heavy atom. The van der Waals surface area contributed by atoms with Crippen LogP contribution in [0, 0.1) is 0 Å². The summed E-state index contributed by atoms with van der Waals surface area (Å²) in [5, 5.41) is 21.6. The van der Waals surface area contributed by atoms with Crippen molar-refractivity contribution >= 4 is 28.5 Å². The molecule has 3 atom stereocenters. The SMILES string of the molecule is CS(=O)N[C@]1(C)COc2c1cc(C(O)(CNC(=O)c1ccc(OC3CC3)c(OCCO)c1)C(F)(F)F)nc2Cl. The number of nitrogens with one attached hydrogen (secondary N) is 2. The van der Waals surface area contributed by atoms with Crippen molar-refractivity contribution in [3.63, 3.8) is 0 Å². The molecule has 1 amide bonds. The first kappa shape index (κ1) is 29.3. The number of pyridine rings is 1. The summed E-state index contributed by atoms with van der Waals surface area (Å²) >= 11 is 6.12. The number of hydrogen-bond donors (Lipinski definition) is 4. The van der Waals surface area contributed by atoms with Gasteiger partial charge < -0.3 is 29.7 Å². The molecule has 214 valence electrons. The largest absolute Gasteiger partial charge is 0.488 e. The smallest absolute Gasteiger partial charge is 0.424 e. The zero-order chi connectivity index (χ0) is 28.6. The Labute approximate surface area is 229 Å². The lowest BCUT2D eigenvalue weighted by molar-refractivity contribution is -0.265. The lowest BCUT2D eigenvalue weighted by Crippen LogP contribution is -2.51. The lowest BCUT2D eigenvalue weighted by atomic mass is 9.91. The van der Waals surface area contributed by atoms with E-state index in [4.69, 9.17) is 30.9 Å². The van der Waals surface area contributed by atoms with Crippen molar-refractivity contribution in [2.24, 2.45) is 0 Å². The minimum absolute atomic E-state index is 0.00154. The first-order valence-electron chi connectivity index (χ1n) is 11.8. The molecule has 0 bridgehead atoms. The number of fused-ring (bicyclic) bond motifs is 1. The van der Waals surface area contributed by atoms with Crippen molar-refractivity contribution in [1.29, 1.82) is 0 Å². The molecule has 15 heteroatoms. The van der Waals surface area contributed by atoms with Gasteiger partial charge in [-0.1, -0.05) is 11.6 Å². The maximum Gasteiger partial charge on any atom is 0.424 e. The highest BCUT2D eigenvalue weighted by Crippen LogP contribution is 2.45. The van der Waals surface area contributed by atoms with Crippen LogP contribution in [0.4, 0.5) is 13.2 Å². The average molecular weight is 594 g/mol. The second kappa shape index (κ2) is 11.1. The van der Waals surface area contributed by atoms with E-state index < -0.39 is 51.6 Å². The average Bonchev–Trinajstić information content (AvgIpc) is 3.62. The topological polar surface area (TPSA) is 139 Å². The van der Waals surface area contributed by atoms with Gasteiger partial charge in [-0.15, -0.1) is 0 Å². The summed E-state index contributed by atoms with van der Waals surface area (Å²) in [5.74, 6) is -0.466. The summed E-state index contributed by atoms with van der Waals surface area (Å²) in [7, 11) is -1.56. The predicted molar refractivity (Wildman–Crippen MR) is 134 cm³/mol. The molecule has 1 fully saturated rings. The van der Waals surface area contributed by atoms with Crippen molar-refractivity contribution in [1.82, 2.24) is 15.0 Å². The molecule has 0 radical (unpaired) electrons. The van der Waals surface area contributed by atoms with E-state index in [0.717, 1.165) is 18.9 Å². The molecule has 2 heterocycles. The number of aliphatic hydroxyl groups excluding tert-OH is 1. The first-order valence-corrected chi connectivity index (χ1v) is 13.8. The Kier molecular flexibility index (Phi) is 8.34. The van der Waals surface area contributed by atoms with Gasteiger partial charge in [0.25, 0.3) is 5.91 Å². The number of aromatic nitrogens is 1. The van der Waals surface area contributed by atoms with Crippen LogP contribution in [0.3, 0.4) is 0 Å². The Morgan fingerprint density at radius 1 is 1.31 bits per heavy atom. The Hall–Kier alpha value is -2.65. The second-order valence-corrected chi connectivity index (χ2v) is 10.9. The van der Waals surface area contributed by atoms with Crippen LogP contribution in [0.1, 0.15) is 41.4 Å². The van der Waals surface area contributed by atoms with E-state index in [2.05, 4.69) is 15.0 Å². The number of carbonyl (C=O) groups excluding carboxylic acids is 1. The van der Waals surface area contributed by atoms with Crippen LogP contribution >= 0.6 is 11.6 Å². The predicted octanol–water partition coefficient (Wildman–Crippen LogP) is 2.32. The van der Waals surface area contributed by atoms with Crippen molar-refractivity contribution in [2.45, 2.75) is 43.2 Å². The summed E-state index contributed by atoms with van der Waals surface area (Å²) in [6, 6.07) is 5.04. The van der Waals surface area contributed by atoms with Gasteiger partial charge in [-0.3, -0.25) is 4.79 Å². The third-order valence-electron chi connectivity index (χ3n) is 6.17. The number of amides is 1. The van der Waals surface area contributed by atoms with Gasteiger partial charge in [0.05, 0.1) is 41.5 Å². The van der Waals surface area contributed by atoms with Gasteiger partial charge in [-0.2, -0.15) is 13.2 Å². The third-order valence-corrected chi connectivity index (χ3v) is 7.16. The number of carbonyl (C=O) groups is 1. The van der Waals surface area contributed by atoms with E-state index in [-0.39, 0.29) is 48.6 Å². The summed E-state index contributed by atoms with van der Waals surface area (Å²) in [6.07, 6.45) is -2.21. The van der Waals surface area contributed by atoms with Gasteiger partial charge in [0.2, 0.25) is 5.60 Å². The van der Waals surface area contributed by atoms with Gasteiger partial charge >= 0.3 is 6.18 Å². The maximum absolute atomic E-state index is 14.3. The van der Waals surface area contributed by atoms with Crippen LogP contribution in [-0.2, 0) is 22.1 Å². The lowest BCUT2D eigenvalue weighted by Gasteiger charge is -2.31. The number of benzene rings is 1. The zero-order valence-corrected chi connectivity index (χ0v) is 22.5. The Bertz CT molecular complexity index is 1280. The number of ether oxygens (including phenoxy) is 3. The van der Waals surface area contributed by atoms with Crippen molar-refractivity contribution < 1.29 is 46.6 Å².